The van der Waals surface area contributed by atoms with Gasteiger partial charge in [-0.25, -0.2) is 0 Å². The van der Waals surface area contributed by atoms with Gasteiger partial charge in [-0.15, -0.1) is 0 Å². The minimum absolute atomic E-state index is 0.185. The van der Waals surface area contributed by atoms with E-state index < -0.39 is 0 Å². The summed E-state index contributed by atoms with van der Waals surface area (Å²) in [4.78, 5) is 11.7. The molecular weight excluding hydrogens is 228 g/mol. The fraction of sp³-hybridized carbons (Fsp3) is 0.929. The van der Waals surface area contributed by atoms with E-state index in [9.17, 15) is 4.79 Å². The Morgan fingerprint density at radius 1 is 1.22 bits per heavy atom. The summed E-state index contributed by atoms with van der Waals surface area (Å²) < 4.78 is 5.83. The Hall–Kier alpha value is -0.610. The van der Waals surface area contributed by atoms with Crippen LogP contribution < -0.4 is 10.6 Å². The minimum atomic E-state index is 0.185. The second-order valence-electron chi connectivity index (χ2n) is 5.47. The monoisotopic (exact) mass is 254 g/mol. The molecule has 104 valence electrons. The van der Waals surface area contributed by atoms with Crippen LogP contribution in [-0.4, -0.2) is 38.3 Å². The molecule has 2 fully saturated rings. The van der Waals surface area contributed by atoms with Gasteiger partial charge in [0.1, 0.15) is 0 Å². The standard InChI is InChI=1S/C14H26N2O2/c17-14(12-7-9-15-11-12)16-8-4-10-18-13-5-2-1-3-6-13/h12-13,15H,1-11H2,(H,16,17). The van der Waals surface area contributed by atoms with Crippen LogP contribution in [0.3, 0.4) is 0 Å². The van der Waals surface area contributed by atoms with Crippen molar-refractivity contribution in [2.45, 2.75) is 51.0 Å². The van der Waals surface area contributed by atoms with Crippen molar-refractivity contribution < 1.29 is 9.53 Å². The molecule has 1 atom stereocenters. The molecule has 0 radical (unpaired) electrons. The normalized spacial score (nSPS) is 25.2. The molecule has 1 aliphatic carbocycles. The highest BCUT2D eigenvalue weighted by atomic mass is 16.5. The molecule has 0 aromatic heterocycles. The van der Waals surface area contributed by atoms with Crippen molar-refractivity contribution in [3.05, 3.63) is 0 Å². The first kappa shape index (κ1) is 13.8. The highest BCUT2D eigenvalue weighted by molar-refractivity contribution is 5.79. The van der Waals surface area contributed by atoms with E-state index in [0.29, 0.717) is 6.10 Å². The lowest BCUT2D eigenvalue weighted by molar-refractivity contribution is -0.124. The van der Waals surface area contributed by atoms with Gasteiger partial charge >= 0.3 is 0 Å². The van der Waals surface area contributed by atoms with E-state index in [-0.39, 0.29) is 11.8 Å². The van der Waals surface area contributed by atoms with Crippen LogP contribution in [0.25, 0.3) is 0 Å². The van der Waals surface area contributed by atoms with Crippen LogP contribution in [0.15, 0.2) is 0 Å². The Morgan fingerprint density at radius 2 is 2.06 bits per heavy atom. The molecule has 4 heteroatoms. The molecule has 1 saturated carbocycles. The van der Waals surface area contributed by atoms with Crippen molar-refractivity contribution in [2.75, 3.05) is 26.2 Å². The topological polar surface area (TPSA) is 50.4 Å². The summed E-state index contributed by atoms with van der Waals surface area (Å²) in [6, 6.07) is 0. The van der Waals surface area contributed by atoms with E-state index >= 15 is 0 Å². The lowest BCUT2D eigenvalue weighted by atomic mass is 9.98. The molecule has 2 rings (SSSR count). The van der Waals surface area contributed by atoms with Gasteiger partial charge in [0.25, 0.3) is 0 Å². The molecular formula is C14H26N2O2. The molecule has 0 bridgehead atoms. The lowest BCUT2D eigenvalue weighted by Gasteiger charge is -2.22. The fourth-order valence-electron chi connectivity index (χ4n) is 2.79. The first-order chi connectivity index (χ1) is 8.86. The molecule has 1 amide bonds. The first-order valence-corrected chi connectivity index (χ1v) is 7.46. The zero-order chi connectivity index (χ0) is 12.6. The third-order valence-electron chi connectivity index (χ3n) is 3.96. The number of nitrogens with one attached hydrogen (secondary N) is 2. The third kappa shape index (κ3) is 4.58. The second kappa shape index (κ2) is 7.74. The zero-order valence-corrected chi connectivity index (χ0v) is 11.2. The van der Waals surface area contributed by atoms with E-state index in [0.717, 1.165) is 39.1 Å². The van der Waals surface area contributed by atoms with E-state index in [4.69, 9.17) is 4.74 Å². The van der Waals surface area contributed by atoms with E-state index in [1.807, 2.05) is 0 Å². The van der Waals surface area contributed by atoms with Crippen LogP contribution in [0, 0.1) is 5.92 Å². The van der Waals surface area contributed by atoms with Crippen LogP contribution in [0.4, 0.5) is 0 Å². The van der Waals surface area contributed by atoms with Crippen molar-refractivity contribution in [1.82, 2.24) is 10.6 Å². The van der Waals surface area contributed by atoms with Gasteiger partial charge in [0.05, 0.1) is 12.0 Å². The summed E-state index contributed by atoms with van der Waals surface area (Å²) in [6.45, 7) is 3.35. The molecule has 0 spiro atoms. The average Bonchev–Trinajstić information content (AvgIpc) is 2.93. The van der Waals surface area contributed by atoms with Crippen LogP contribution >= 0.6 is 0 Å². The SMILES string of the molecule is O=C(NCCCOC1CCCCC1)C1CCNC1. The smallest absolute Gasteiger partial charge is 0.224 e. The molecule has 18 heavy (non-hydrogen) atoms. The third-order valence-corrected chi connectivity index (χ3v) is 3.96. The Balaban J connectivity index is 1.46. The molecule has 2 N–H and O–H groups in total. The predicted octanol–water partition coefficient (Wildman–Crippen LogP) is 1.45. The maximum absolute atomic E-state index is 11.7. The fourth-order valence-corrected chi connectivity index (χ4v) is 2.79. The number of carbonyl (C=O) groups is 1. The maximum atomic E-state index is 11.7. The number of amides is 1. The highest BCUT2D eigenvalue weighted by Crippen LogP contribution is 2.20. The van der Waals surface area contributed by atoms with Crippen molar-refractivity contribution >= 4 is 5.91 Å². The zero-order valence-electron chi connectivity index (χ0n) is 11.2. The number of ether oxygens (including phenoxy) is 1. The molecule has 1 unspecified atom stereocenters. The molecule has 0 aromatic rings. The highest BCUT2D eigenvalue weighted by Gasteiger charge is 2.21. The summed E-state index contributed by atoms with van der Waals surface area (Å²) >= 11 is 0. The Bertz CT molecular complexity index is 246. The molecule has 1 aliphatic heterocycles. The van der Waals surface area contributed by atoms with Gasteiger partial charge in [-0.05, 0) is 32.2 Å². The molecule has 2 aliphatic rings. The molecule has 4 nitrogen and oxygen atoms in total. The van der Waals surface area contributed by atoms with Crippen LogP contribution in [0.1, 0.15) is 44.9 Å². The summed E-state index contributed by atoms with van der Waals surface area (Å²) in [7, 11) is 0. The summed E-state index contributed by atoms with van der Waals surface area (Å²) in [6.07, 6.45) is 8.83. The molecule has 1 saturated heterocycles. The molecule has 1 heterocycles. The lowest BCUT2D eigenvalue weighted by Crippen LogP contribution is -2.33. The van der Waals surface area contributed by atoms with E-state index in [1.54, 1.807) is 0 Å². The Labute approximate surface area is 110 Å². The van der Waals surface area contributed by atoms with Crippen molar-refractivity contribution in [3.8, 4) is 0 Å². The number of hydrogen-bond donors (Lipinski definition) is 2. The maximum Gasteiger partial charge on any atom is 0.224 e. The number of hydrogen-bond acceptors (Lipinski definition) is 3. The average molecular weight is 254 g/mol. The number of rotatable bonds is 6. The molecule has 0 aromatic carbocycles. The van der Waals surface area contributed by atoms with Crippen LogP contribution in [0.5, 0.6) is 0 Å². The van der Waals surface area contributed by atoms with Gasteiger partial charge in [-0.2, -0.15) is 0 Å². The quantitative estimate of drug-likeness (QED) is 0.705. The predicted molar refractivity (Wildman–Crippen MR) is 71.4 cm³/mol. The van der Waals surface area contributed by atoms with Gasteiger partial charge in [0, 0.05) is 19.7 Å². The van der Waals surface area contributed by atoms with Crippen LogP contribution in [-0.2, 0) is 9.53 Å². The minimum Gasteiger partial charge on any atom is -0.378 e. The van der Waals surface area contributed by atoms with Crippen LogP contribution in [0.2, 0.25) is 0 Å². The number of carbonyl (C=O) groups excluding carboxylic acids is 1. The largest absolute Gasteiger partial charge is 0.378 e. The van der Waals surface area contributed by atoms with E-state index in [1.165, 1.54) is 32.1 Å². The van der Waals surface area contributed by atoms with Crippen molar-refractivity contribution in [3.63, 3.8) is 0 Å². The Morgan fingerprint density at radius 3 is 2.78 bits per heavy atom. The van der Waals surface area contributed by atoms with Gasteiger partial charge in [-0.1, -0.05) is 19.3 Å². The summed E-state index contributed by atoms with van der Waals surface area (Å²) in [5.41, 5.74) is 0. The first-order valence-electron chi connectivity index (χ1n) is 7.46. The summed E-state index contributed by atoms with van der Waals surface area (Å²) in [5, 5.41) is 6.22. The van der Waals surface area contributed by atoms with Gasteiger partial charge in [-0.3, -0.25) is 4.79 Å². The van der Waals surface area contributed by atoms with E-state index in [2.05, 4.69) is 10.6 Å². The van der Waals surface area contributed by atoms with Crippen molar-refractivity contribution in [2.24, 2.45) is 5.92 Å². The van der Waals surface area contributed by atoms with Crippen molar-refractivity contribution in [1.29, 1.82) is 0 Å². The van der Waals surface area contributed by atoms with Gasteiger partial charge in [0.15, 0.2) is 0 Å². The Kier molecular flexibility index (Phi) is 5.94. The van der Waals surface area contributed by atoms with Gasteiger partial charge in [0.2, 0.25) is 5.91 Å². The van der Waals surface area contributed by atoms with Gasteiger partial charge < -0.3 is 15.4 Å². The second-order valence-corrected chi connectivity index (χ2v) is 5.47. The summed E-state index contributed by atoms with van der Waals surface area (Å²) in [5.74, 6) is 0.391.